The van der Waals surface area contributed by atoms with Crippen molar-refractivity contribution in [3.05, 3.63) is 119 Å². The zero-order chi connectivity index (χ0) is 32.6. The van der Waals surface area contributed by atoms with Crippen LogP contribution in [-0.4, -0.2) is 28.1 Å². The molecule has 1 fully saturated rings. The van der Waals surface area contributed by atoms with Crippen LogP contribution in [0.25, 0.3) is 38.8 Å². The Bertz CT molecular complexity index is 2260. The van der Waals surface area contributed by atoms with Crippen molar-refractivity contribution in [2.45, 2.75) is 71.3 Å². The van der Waals surface area contributed by atoms with Crippen molar-refractivity contribution in [2.24, 2.45) is 10.9 Å². The lowest BCUT2D eigenvalue weighted by Gasteiger charge is -2.34. The first-order valence-corrected chi connectivity index (χ1v) is 17.5. The SMILES string of the molecule is Cc1cc2c3c(c1)c1cc(C)c(Oc4cc(C5=N[C@H](C6CCCCC6)CO5)cc(-c5ccccc5)c4)cc1n3-c1ncccc1C2(C)C. The van der Waals surface area contributed by atoms with Gasteiger partial charge in [-0.05, 0) is 91.3 Å². The van der Waals surface area contributed by atoms with Gasteiger partial charge in [-0.1, -0.05) is 81.1 Å². The smallest absolute Gasteiger partial charge is 0.216 e. The number of benzene rings is 4. The molecule has 240 valence electrons. The Morgan fingerprint density at radius 3 is 2.44 bits per heavy atom. The average Bonchev–Trinajstić information content (AvgIpc) is 3.72. The number of pyridine rings is 1. The van der Waals surface area contributed by atoms with E-state index >= 15 is 0 Å². The van der Waals surface area contributed by atoms with Gasteiger partial charge in [0.25, 0.3) is 0 Å². The van der Waals surface area contributed by atoms with Crippen LogP contribution in [0, 0.1) is 19.8 Å². The largest absolute Gasteiger partial charge is 0.475 e. The van der Waals surface area contributed by atoms with Crippen molar-refractivity contribution < 1.29 is 9.47 Å². The van der Waals surface area contributed by atoms with Crippen molar-refractivity contribution >= 4 is 27.7 Å². The zero-order valence-corrected chi connectivity index (χ0v) is 28.2. The fraction of sp³-hybridized carbons (Fsp3) is 0.302. The van der Waals surface area contributed by atoms with Crippen LogP contribution < -0.4 is 4.74 Å². The number of aliphatic imine (C=N–C) groups is 1. The summed E-state index contributed by atoms with van der Waals surface area (Å²) in [5.74, 6) is 3.94. The molecular weight excluding hydrogens is 590 g/mol. The Morgan fingerprint density at radius 2 is 1.60 bits per heavy atom. The van der Waals surface area contributed by atoms with Crippen LogP contribution in [0.15, 0.2) is 96.1 Å². The molecule has 0 amide bonds. The van der Waals surface area contributed by atoms with Gasteiger partial charge in [0, 0.05) is 39.6 Å². The molecule has 5 heteroatoms. The third-order valence-corrected chi connectivity index (χ3v) is 11.0. The lowest BCUT2D eigenvalue weighted by molar-refractivity contribution is 0.240. The molecular formula is C43H41N3O2. The molecule has 4 heterocycles. The predicted octanol–water partition coefficient (Wildman–Crippen LogP) is 10.6. The van der Waals surface area contributed by atoms with Crippen molar-refractivity contribution in [3.63, 3.8) is 0 Å². The van der Waals surface area contributed by atoms with Crippen LogP contribution in [0.2, 0.25) is 0 Å². The lowest BCUT2D eigenvalue weighted by atomic mass is 9.75. The zero-order valence-electron chi connectivity index (χ0n) is 28.2. The summed E-state index contributed by atoms with van der Waals surface area (Å²) in [6, 6.07) is 30.6. The third-order valence-electron chi connectivity index (χ3n) is 11.0. The monoisotopic (exact) mass is 631 g/mol. The van der Waals surface area contributed by atoms with E-state index in [-0.39, 0.29) is 11.5 Å². The molecule has 0 unspecified atom stereocenters. The van der Waals surface area contributed by atoms with Crippen LogP contribution in [0.1, 0.15) is 73.8 Å². The molecule has 48 heavy (non-hydrogen) atoms. The molecule has 1 saturated carbocycles. The van der Waals surface area contributed by atoms with E-state index in [9.17, 15) is 0 Å². The third kappa shape index (κ3) is 4.66. The number of ether oxygens (including phenoxy) is 2. The van der Waals surface area contributed by atoms with E-state index in [2.05, 4.69) is 117 Å². The molecule has 1 aliphatic carbocycles. The van der Waals surface area contributed by atoms with Gasteiger partial charge in [0.2, 0.25) is 5.90 Å². The number of nitrogens with zero attached hydrogens (tertiary/aromatic N) is 3. The molecule has 0 bridgehead atoms. The van der Waals surface area contributed by atoms with E-state index < -0.39 is 0 Å². The Kier molecular flexibility index (Phi) is 6.76. The summed E-state index contributed by atoms with van der Waals surface area (Å²) < 4.78 is 15.5. The summed E-state index contributed by atoms with van der Waals surface area (Å²) in [4.78, 5) is 10.1. The number of rotatable bonds is 5. The minimum absolute atomic E-state index is 0.165. The minimum atomic E-state index is -0.165. The Hall–Kier alpha value is -4.90. The summed E-state index contributed by atoms with van der Waals surface area (Å²) in [5.41, 5.74) is 10.3. The fourth-order valence-corrected chi connectivity index (χ4v) is 8.45. The molecule has 0 spiro atoms. The van der Waals surface area contributed by atoms with Gasteiger partial charge in [0.1, 0.15) is 23.9 Å². The van der Waals surface area contributed by atoms with Gasteiger partial charge < -0.3 is 9.47 Å². The van der Waals surface area contributed by atoms with Gasteiger partial charge in [-0.3, -0.25) is 4.57 Å². The van der Waals surface area contributed by atoms with E-state index in [1.807, 2.05) is 6.20 Å². The summed E-state index contributed by atoms with van der Waals surface area (Å²) in [6.45, 7) is 9.64. The molecule has 2 aromatic heterocycles. The Morgan fingerprint density at radius 1 is 0.792 bits per heavy atom. The number of hydrogen-bond donors (Lipinski definition) is 0. The highest BCUT2D eigenvalue weighted by atomic mass is 16.5. The number of hydrogen-bond acceptors (Lipinski definition) is 4. The van der Waals surface area contributed by atoms with Crippen molar-refractivity contribution in [1.82, 2.24) is 9.55 Å². The molecule has 3 aliphatic rings. The van der Waals surface area contributed by atoms with Gasteiger partial charge >= 0.3 is 0 Å². The summed E-state index contributed by atoms with van der Waals surface area (Å²) in [5, 5.41) is 2.48. The quantitative estimate of drug-likeness (QED) is 0.190. The first-order valence-electron chi connectivity index (χ1n) is 17.5. The summed E-state index contributed by atoms with van der Waals surface area (Å²) in [7, 11) is 0. The lowest BCUT2D eigenvalue weighted by Crippen LogP contribution is -2.27. The second-order valence-corrected chi connectivity index (χ2v) is 14.6. The maximum atomic E-state index is 6.87. The van der Waals surface area contributed by atoms with Crippen molar-refractivity contribution in [2.75, 3.05) is 6.61 Å². The molecule has 0 N–H and O–H groups in total. The normalized spacial score (nSPS) is 18.5. The van der Waals surface area contributed by atoms with Crippen LogP contribution >= 0.6 is 0 Å². The second kappa shape index (κ2) is 11.1. The van der Waals surface area contributed by atoms with Crippen molar-refractivity contribution in [1.29, 1.82) is 0 Å². The van der Waals surface area contributed by atoms with Crippen molar-refractivity contribution in [3.8, 4) is 28.4 Å². The number of fused-ring (bicyclic) bond motifs is 5. The van der Waals surface area contributed by atoms with E-state index in [0.717, 1.165) is 51.0 Å². The highest BCUT2D eigenvalue weighted by Crippen LogP contribution is 2.48. The maximum absolute atomic E-state index is 6.87. The molecule has 2 aliphatic heterocycles. The fourth-order valence-electron chi connectivity index (χ4n) is 8.45. The van der Waals surface area contributed by atoms with E-state index in [0.29, 0.717) is 12.5 Å². The van der Waals surface area contributed by atoms with Gasteiger partial charge in [-0.2, -0.15) is 0 Å². The van der Waals surface area contributed by atoms with Gasteiger partial charge in [0.05, 0.1) is 17.1 Å². The van der Waals surface area contributed by atoms with E-state index in [1.54, 1.807) is 0 Å². The van der Waals surface area contributed by atoms with Gasteiger partial charge in [0.15, 0.2) is 0 Å². The maximum Gasteiger partial charge on any atom is 0.216 e. The molecule has 5 nitrogen and oxygen atoms in total. The highest BCUT2D eigenvalue weighted by Gasteiger charge is 2.36. The Labute approximate surface area is 282 Å². The summed E-state index contributed by atoms with van der Waals surface area (Å²) >= 11 is 0. The molecule has 1 atom stereocenters. The van der Waals surface area contributed by atoms with Gasteiger partial charge in [-0.15, -0.1) is 0 Å². The van der Waals surface area contributed by atoms with Crippen LogP contribution in [0.5, 0.6) is 11.5 Å². The first-order chi connectivity index (χ1) is 23.3. The predicted molar refractivity (Wildman–Crippen MR) is 195 cm³/mol. The molecule has 0 radical (unpaired) electrons. The van der Waals surface area contributed by atoms with Crippen LogP contribution in [0.4, 0.5) is 0 Å². The van der Waals surface area contributed by atoms with Crippen LogP contribution in [-0.2, 0) is 10.2 Å². The molecule has 6 aromatic rings. The average molecular weight is 632 g/mol. The number of aromatic nitrogens is 2. The van der Waals surface area contributed by atoms with E-state index in [4.69, 9.17) is 19.5 Å². The highest BCUT2D eigenvalue weighted by molar-refractivity contribution is 6.12. The minimum Gasteiger partial charge on any atom is -0.475 e. The van der Waals surface area contributed by atoms with Gasteiger partial charge in [-0.25, -0.2) is 9.98 Å². The number of aryl methyl sites for hydroxylation is 2. The molecule has 4 aromatic carbocycles. The standard InChI is InChI=1S/C43H41N3O2/c1-26-18-34-33-20-27(2)39(24-38(33)46-40(34)36(19-26)43(3,4)35-16-11-17-44-41(35)46)48-32-22-30(28-12-7-5-8-13-28)21-31(23-32)42-45-37(25-47-42)29-14-9-6-10-15-29/h5,7-8,11-13,16-24,29,37H,6,9-10,14-15,25H2,1-4H3/t37-/m0/s1. The Balaban J connectivity index is 1.18. The summed E-state index contributed by atoms with van der Waals surface area (Å²) in [6.07, 6.45) is 8.35. The first kappa shape index (κ1) is 29.3. The van der Waals surface area contributed by atoms with E-state index in [1.165, 1.54) is 65.1 Å². The second-order valence-electron chi connectivity index (χ2n) is 14.6. The molecule has 9 rings (SSSR count). The van der Waals surface area contributed by atoms with Crippen LogP contribution in [0.3, 0.4) is 0 Å². The topological polar surface area (TPSA) is 48.6 Å². The molecule has 0 saturated heterocycles.